The number of carbonyl (C=O) groups is 1. The minimum Gasteiger partial charge on any atom is -0.462 e. The summed E-state index contributed by atoms with van der Waals surface area (Å²) in [6.45, 7) is 10.8. The zero-order chi connectivity index (χ0) is 12.7. The van der Waals surface area contributed by atoms with Crippen LogP contribution in [-0.4, -0.2) is 49.7 Å². The van der Waals surface area contributed by atoms with Gasteiger partial charge in [0.2, 0.25) is 0 Å². The molecule has 1 aliphatic heterocycles. The molecule has 0 saturated carbocycles. The van der Waals surface area contributed by atoms with Gasteiger partial charge in [-0.05, 0) is 58.8 Å². The van der Waals surface area contributed by atoms with Gasteiger partial charge in [0.05, 0.1) is 12.6 Å². The average molecular weight is 242 g/mol. The molecule has 0 atom stereocenters. The van der Waals surface area contributed by atoms with Crippen molar-refractivity contribution in [2.24, 2.45) is 5.92 Å². The van der Waals surface area contributed by atoms with Crippen LogP contribution in [0, 0.1) is 5.92 Å². The van der Waals surface area contributed by atoms with Gasteiger partial charge in [0.1, 0.15) is 0 Å². The van der Waals surface area contributed by atoms with Gasteiger partial charge in [0.15, 0.2) is 0 Å². The maximum Gasteiger partial charge on any atom is 0.320 e. The molecule has 0 bridgehead atoms. The van der Waals surface area contributed by atoms with Crippen LogP contribution in [0.15, 0.2) is 0 Å². The highest BCUT2D eigenvalue weighted by Crippen LogP contribution is 2.15. The predicted octanol–water partition coefficient (Wildman–Crippen LogP) is 1.26. The Kier molecular flexibility index (Phi) is 6.52. The first-order valence-corrected chi connectivity index (χ1v) is 6.74. The fourth-order valence-electron chi connectivity index (χ4n) is 2.19. The monoisotopic (exact) mass is 242 g/mol. The van der Waals surface area contributed by atoms with Gasteiger partial charge in [-0.1, -0.05) is 6.92 Å². The molecule has 17 heavy (non-hydrogen) atoms. The van der Waals surface area contributed by atoms with E-state index in [1.165, 1.54) is 25.9 Å². The number of hydrogen-bond donors (Lipinski definition) is 1. The van der Waals surface area contributed by atoms with Gasteiger partial charge < -0.3 is 15.0 Å². The molecule has 100 valence electrons. The number of esters is 1. The summed E-state index contributed by atoms with van der Waals surface area (Å²) < 4.78 is 5.06. The smallest absolute Gasteiger partial charge is 0.320 e. The zero-order valence-electron chi connectivity index (χ0n) is 11.4. The van der Waals surface area contributed by atoms with Crippen LogP contribution in [-0.2, 0) is 9.53 Å². The first-order chi connectivity index (χ1) is 8.11. The van der Waals surface area contributed by atoms with E-state index in [9.17, 15) is 4.79 Å². The SMILES string of the molecule is CCN1CCC(CNCC(=O)OC(C)C)CC1. The highest BCUT2D eigenvalue weighted by Gasteiger charge is 2.17. The second-order valence-corrected chi connectivity index (χ2v) is 5.05. The molecule has 0 aromatic rings. The van der Waals surface area contributed by atoms with Crippen LogP contribution in [0.2, 0.25) is 0 Å². The summed E-state index contributed by atoms with van der Waals surface area (Å²) in [6.07, 6.45) is 2.46. The molecular formula is C13H26N2O2. The lowest BCUT2D eigenvalue weighted by Crippen LogP contribution is -2.38. The number of rotatable bonds is 6. The molecule has 0 radical (unpaired) electrons. The van der Waals surface area contributed by atoms with Crippen molar-refractivity contribution >= 4 is 5.97 Å². The largest absolute Gasteiger partial charge is 0.462 e. The normalized spacial score (nSPS) is 18.6. The second-order valence-electron chi connectivity index (χ2n) is 5.05. The topological polar surface area (TPSA) is 41.6 Å². The lowest BCUT2D eigenvalue weighted by atomic mass is 9.97. The number of hydrogen-bond acceptors (Lipinski definition) is 4. The van der Waals surface area contributed by atoms with Crippen LogP contribution < -0.4 is 5.32 Å². The van der Waals surface area contributed by atoms with Gasteiger partial charge in [-0.2, -0.15) is 0 Å². The summed E-state index contributed by atoms with van der Waals surface area (Å²) in [6, 6.07) is 0. The summed E-state index contributed by atoms with van der Waals surface area (Å²) in [7, 11) is 0. The molecule has 4 nitrogen and oxygen atoms in total. The molecule has 1 fully saturated rings. The second kappa shape index (κ2) is 7.67. The molecule has 0 amide bonds. The van der Waals surface area contributed by atoms with Crippen molar-refractivity contribution in [2.75, 3.05) is 32.7 Å². The molecular weight excluding hydrogens is 216 g/mol. The third-order valence-electron chi connectivity index (χ3n) is 3.22. The van der Waals surface area contributed by atoms with Crippen LogP contribution in [0.3, 0.4) is 0 Å². The molecule has 1 rings (SSSR count). The average Bonchev–Trinajstić information content (AvgIpc) is 2.29. The highest BCUT2D eigenvalue weighted by molar-refractivity contribution is 5.71. The van der Waals surface area contributed by atoms with Gasteiger partial charge in [0, 0.05) is 0 Å². The Balaban J connectivity index is 2.05. The lowest BCUT2D eigenvalue weighted by molar-refractivity contribution is -0.146. The third-order valence-corrected chi connectivity index (χ3v) is 3.22. The number of ether oxygens (including phenoxy) is 1. The number of likely N-dealkylation sites (tertiary alicyclic amines) is 1. The van der Waals surface area contributed by atoms with Crippen molar-refractivity contribution < 1.29 is 9.53 Å². The van der Waals surface area contributed by atoms with Crippen molar-refractivity contribution in [1.29, 1.82) is 0 Å². The van der Waals surface area contributed by atoms with Gasteiger partial charge in [-0.25, -0.2) is 0 Å². The maximum atomic E-state index is 11.3. The zero-order valence-corrected chi connectivity index (χ0v) is 11.4. The van der Waals surface area contributed by atoms with E-state index < -0.39 is 0 Å². The molecule has 0 aliphatic carbocycles. The molecule has 0 aromatic carbocycles. The fourth-order valence-corrected chi connectivity index (χ4v) is 2.19. The van der Waals surface area contributed by atoms with Crippen LogP contribution in [0.4, 0.5) is 0 Å². The van der Waals surface area contributed by atoms with Crippen molar-refractivity contribution in [3.8, 4) is 0 Å². The Labute approximate surface area is 105 Å². The van der Waals surface area contributed by atoms with Crippen LogP contribution in [0.25, 0.3) is 0 Å². The Morgan fingerprint density at radius 1 is 1.41 bits per heavy atom. The quantitative estimate of drug-likeness (QED) is 0.712. The van der Waals surface area contributed by atoms with E-state index in [0.717, 1.165) is 13.1 Å². The molecule has 0 spiro atoms. The molecule has 1 saturated heterocycles. The summed E-state index contributed by atoms with van der Waals surface area (Å²) in [4.78, 5) is 13.8. The number of nitrogens with zero attached hydrogens (tertiary/aromatic N) is 1. The predicted molar refractivity (Wildman–Crippen MR) is 68.9 cm³/mol. The van der Waals surface area contributed by atoms with Gasteiger partial charge in [-0.3, -0.25) is 4.79 Å². The summed E-state index contributed by atoms with van der Waals surface area (Å²) in [5.74, 6) is 0.565. The Morgan fingerprint density at radius 2 is 2.06 bits per heavy atom. The van der Waals surface area contributed by atoms with E-state index in [1.807, 2.05) is 13.8 Å². The van der Waals surface area contributed by atoms with Crippen LogP contribution in [0.1, 0.15) is 33.6 Å². The van der Waals surface area contributed by atoms with Crippen molar-refractivity contribution in [3.63, 3.8) is 0 Å². The first kappa shape index (κ1) is 14.5. The van der Waals surface area contributed by atoms with E-state index in [4.69, 9.17) is 4.74 Å². The van der Waals surface area contributed by atoms with Crippen LogP contribution >= 0.6 is 0 Å². The summed E-state index contributed by atoms with van der Waals surface area (Å²) in [5, 5.41) is 3.20. The molecule has 1 heterocycles. The van der Waals surface area contributed by atoms with Crippen molar-refractivity contribution in [2.45, 2.75) is 39.7 Å². The standard InChI is InChI=1S/C13H26N2O2/c1-4-15-7-5-12(6-8-15)9-14-10-13(16)17-11(2)3/h11-12,14H,4-10H2,1-3H3. The van der Waals surface area contributed by atoms with E-state index in [2.05, 4.69) is 17.1 Å². The first-order valence-electron chi connectivity index (χ1n) is 6.74. The number of nitrogens with one attached hydrogen (secondary N) is 1. The van der Waals surface area contributed by atoms with E-state index in [1.54, 1.807) is 0 Å². The lowest BCUT2D eigenvalue weighted by Gasteiger charge is -2.31. The maximum absolute atomic E-state index is 11.3. The van der Waals surface area contributed by atoms with Crippen molar-refractivity contribution in [1.82, 2.24) is 10.2 Å². The minimum atomic E-state index is -0.147. The van der Waals surface area contributed by atoms with Crippen molar-refractivity contribution in [3.05, 3.63) is 0 Å². The number of piperidine rings is 1. The summed E-state index contributed by atoms with van der Waals surface area (Å²) in [5.41, 5.74) is 0. The van der Waals surface area contributed by atoms with E-state index in [-0.39, 0.29) is 12.1 Å². The van der Waals surface area contributed by atoms with Crippen LogP contribution in [0.5, 0.6) is 0 Å². The van der Waals surface area contributed by atoms with E-state index in [0.29, 0.717) is 12.5 Å². The molecule has 1 aliphatic rings. The molecule has 4 heteroatoms. The van der Waals surface area contributed by atoms with Gasteiger partial charge in [-0.15, -0.1) is 0 Å². The molecule has 0 unspecified atom stereocenters. The summed E-state index contributed by atoms with van der Waals surface area (Å²) >= 11 is 0. The fraction of sp³-hybridized carbons (Fsp3) is 0.923. The number of carbonyl (C=O) groups excluding carboxylic acids is 1. The Morgan fingerprint density at radius 3 is 2.59 bits per heavy atom. The molecule has 1 N–H and O–H groups in total. The Hall–Kier alpha value is -0.610. The Bertz CT molecular complexity index is 223. The highest BCUT2D eigenvalue weighted by atomic mass is 16.5. The third kappa shape index (κ3) is 6.03. The minimum absolute atomic E-state index is 0.0166. The molecule has 0 aromatic heterocycles. The van der Waals surface area contributed by atoms with E-state index >= 15 is 0 Å². The van der Waals surface area contributed by atoms with Gasteiger partial charge >= 0.3 is 5.97 Å². The van der Waals surface area contributed by atoms with Gasteiger partial charge in [0.25, 0.3) is 0 Å².